The molecule has 3 heterocycles. The number of thiazole rings is 1. The van der Waals surface area contributed by atoms with Crippen molar-refractivity contribution < 1.29 is 4.79 Å². The van der Waals surface area contributed by atoms with E-state index in [1.807, 2.05) is 42.8 Å². The summed E-state index contributed by atoms with van der Waals surface area (Å²) in [6.45, 7) is 0.648. The van der Waals surface area contributed by atoms with Crippen molar-refractivity contribution in [2.24, 2.45) is 0 Å². The van der Waals surface area contributed by atoms with Crippen LogP contribution in [0.5, 0.6) is 0 Å². The van der Waals surface area contributed by atoms with E-state index in [4.69, 9.17) is 0 Å². The minimum atomic E-state index is 0.0639. The lowest BCUT2D eigenvalue weighted by Crippen LogP contribution is -2.30. The van der Waals surface area contributed by atoms with E-state index in [1.165, 1.54) is 11.3 Å². The summed E-state index contributed by atoms with van der Waals surface area (Å²) in [4.78, 5) is 27.0. The summed E-state index contributed by atoms with van der Waals surface area (Å²) in [5.74, 6) is 0.0639. The third-order valence-electron chi connectivity index (χ3n) is 3.65. The van der Waals surface area contributed by atoms with Gasteiger partial charge in [0.2, 0.25) is 5.91 Å². The van der Waals surface area contributed by atoms with E-state index in [0.29, 0.717) is 13.0 Å². The first-order chi connectivity index (χ1) is 11.7. The van der Waals surface area contributed by atoms with Crippen LogP contribution in [0.25, 0.3) is 10.6 Å². The fourth-order valence-corrected chi connectivity index (χ4v) is 3.06. The lowest BCUT2D eigenvalue weighted by Gasteiger charge is -2.16. The van der Waals surface area contributed by atoms with Crippen molar-refractivity contribution in [1.29, 1.82) is 0 Å². The molecule has 0 unspecified atom stereocenters. The number of hydrogen-bond acceptors (Lipinski definition) is 5. The predicted molar refractivity (Wildman–Crippen MR) is 94.6 cm³/mol. The van der Waals surface area contributed by atoms with Gasteiger partial charge in [0.25, 0.3) is 0 Å². The Morgan fingerprint density at radius 1 is 1.17 bits per heavy atom. The van der Waals surface area contributed by atoms with Gasteiger partial charge in [-0.1, -0.05) is 6.07 Å². The maximum atomic E-state index is 12.3. The molecule has 0 aliphatic carbocycles. The van der Waals surface area contributed by atoms with Crippen LogP contribution in [-0.4, -0.2) is 39.4 Å². The molecule has 0 radical (unpaired) electrons. The molecule has 0 spiro atoms. The second kappa shape index (κ2) is 7.79. The van der Waals surface area contributed by atoms with E-state index in [2.05, 4.69) is 15.0 Å². The number of carbonyl (C=O) groups is 1. The van der Waals surface area contributed by atoms with Crippen molar-refractivity contribution in [3.05, 3.63) is 65.7 Å². The van der Waals surface area contributed by atoms with Crippen LogP contribution in [0, 0.1) is 0 Å². The van der Waals surface area contributed by atoms with Gasteiger partial charge in [-0.25, -0.2) is 4.98 Å². The Hall–Kier alpha value is -2.60. The Morgan fingerprint density at radius 3 is 2.83 bits per heavy atom. The van der Waals surface area contributed by atoms with Crippen molar-refractivity contribution in [2.75, 3.05) is 13.6 Å². The first-order valence-electron chi connectivity index (χ1n) is 7.71. The SMILES string of the molecule is CN(CCc1ccccn1)C(=O)Cc1csc(-c2cccnc2)n1. The van der Waals surface area contributed by atoms with Crippen LogP contribution in [0.1, 0.15) is 11.4 Å². The predicted octanol–water partition coefficient (Wildman–Crippen LogP) is 2.84. The monoisotopic (exact) mass is 338 g/mol. The first kappa shape index (κ1) is 16.3. The molecule has 3 aromatic heterocycles. The van der Waals surface area contributed by atoms with Gasteiger partial charge in [-0.2, -0.15) is 0 Å². The molecule has 3 aromatic rings. The highest BCUT2D eigenvalue weighted by Crippen LogP contribution is 2.22. The van der Waals surface area contributed by atoms with Crippen molar-refractivity contribution in [2.45, 2.75) is 12.8 Å². The highest BCUT2D eigenvalue weighted by molar-refractivity contribution is 7.13. The summed E-state index contributed by atoms with van der Waals surface area (Å²) < 4.78 is 0. The van der Waals surface area contributed by atoms with Gasteiger partial charge >= 0.3 is 0 Å². The topological polar surface area (TPSA) is 59.0 Å². The summed E-state index contributed by atoms with van der Waals surface area (Å²) in [5, 5.41) is 2.83. The van der Waals surface area contributed by atoms with Crippen molar-refractivity contribution in [3.63, 3.8) is 0 Å². The quantitative estimate of drug-likeness (QED) is 0.693. The van der Waals surface area contributed by atoms with Gasteiger partial charge in [0, 0.05) is 55.2 Å². The van der Waals surface area contributed by atoms with Gasteiger partial charge in [0.15, 0.2) is 0 Å². The lowest BCUT2D eigenvalue weighted by atomic mass is 10.2. The molecule has 0 fully saturated rings. The molecule has 1 amide bonds. The van der Waals surface area contributed by atoms with E-state index in [0.717, 1.165) is 28.4 Å². The third-order valence-corrected chi connectivity index (χ3v) is 4.59. The Bertz CT molecular complexity index is 789. The van der Waals surface area contributed by atoms with Gasteiger partial charge in [-0.15, -0.1) is 11.3 Å². The van der Waals surface area contributed by atoms with Crippen molar-refractivity contribution >= 4 is 17.2 Å². The number of nitrogens with zero attached hydrogens (tertiary/aromatic N) is 4. The molecule has 3 rings (SSSR count). The number of amides is 1. The summed E-state index contributed by atoms with van der Waals surface area (Å²) >= 11 is 1.53. The van der Waals surface area contributed by atoms with Crippen molar-refractivity contribution in [1.82, 2.24) is 19.9 Å². The van der Waals surface area contributed by atoms with Crippen molar-refractivity contribution in [3.8, 4) is 10.6 Å². The molecule has 0 aliphatic rings. The minimum Gasteiger partial charge on any atom is -0.345 e. The van der Waals surface area contributed by atoms with Gasteiger partial charge in [0.05, 0.1) is 12.1 Å². The lowest BCUT2D eigenvalue weighted by molar-refractivity contribution is -0.129. The van der Waals surface area contributed by atoms with Gasteiger partial charge in [-0.3, -0.25) is 14.8 Å². The average Bonchev–Trinajstić information content (AvgIpc) is 3.10. The zero-order chi connectivity index (χ0) is 16.8. The number of carbonyl (C=O) groups excluding carboxylic acids is 1. The van der Waals surface area contributed by atoms with E-state index < -0.39 is 0 Å². The highest BCUT2D eigenvalue weighted by Gasteiger charge is 2.13. The fourth-order valence-electron chi connectivity index (χ4n) is 2.25. The summed E-state index contributed by atoms with van der Waals surface area (Å²) in [5.41, 5.74) is 2.77. The molecule has 24 heavy (non-hydrogen) atoms. The fraction of sp³-hybridized carbons (Fsp3) is 0.222. The van der Waals surface area contributed by atoms with Crippen LogP contribution in [-0.2, 0) is 17.6 Å². The molecule has 0 N–H and O–H groups in total. The molecule has 0 saturated heterocycles. The molecule has 0 bridgehead atoms. The summed E-state index contributed by atoms with van der Waals surface area (Å²) in [6.07, 6.45) is 6.35. The highest BCUT2D eigenvalue weighted by atomic mass is 32.1. The Labute approximate surface area is 145 Å². The van der Waals surface area contributed by atoms with E-state index in [1.54, 1.807) is 23.5 Å². The number of aromatic nitrogens is 3. The Kier molecular flexibility index (Phi) is 5.28. The molecule has 0 saturated carbocycles. The van der Waals surface area contributed by atoms with Crippen LogP contribution in [0.4, 0.5) is 0 Å². The summed E-state index contributed by atoms with van der Waals surface area (Å²) in [7, 11) is 1.82. The zero-order valence-electron chi connectivity index (χ0n) is 13.4. The molecule has 122 valence electrons. The van der Waals surface area contributed by atoms with E-state index >= 15 is 0 Å². The molecule has 6 heteroatoms. The number of rotatable bonds is 6. The normalized spacial score (nSPS) is 10.5. The van der Waals surface area contributed by atoms with Crippen LogP contribution in [0.15, 0.2) is 54.3 Å². The van der Waals surface area contributed by atoms with Crippen LogP contribution in [0.2, 0.25) is 0 Å². The second-order valence-corrected chi connectivity index (χ2v) is 6.31. The van der Waals surface area contributed by atoms with E-state index in [-0.39, 0.29) is 5.91 Å². The zero-order valence-corrected chi connectivity index (χ0v) is 14.2. The molecular weight excluding hydrogens is 320 g/mol. The van der Waals surface area contributed by atoms with E-state index in [9.17, 15) is 4.79 Å². The van der Waals surface area contributed by atoms with Gasteiger partial charge in [0.1, 0.15) is 5.01 Å². The van der Waals surface area contributed by atoms with Gasteiger partial charge < -0.3 is 4.90 Å². The van der Waals surface area contributed by atoms with Gasteiger partial charge in [-0.05, 0) is 24.3 Å². The van der Waals surface area contributed by atoms with Crippen LogP contribution in [0.3, 0.4) is 0 Å². The molecule has 0 aromatic carbocycles. The van der Waals surface area contributed by atoms with Crippen LogP contribution < -0.4 is 0 Å². The molecule has 5 nitrogen and oxygen atoms in total. The number of pyridine rings is 2. The average molecular weight is 338 g/mol. The molecule has 0 aliphatic heterocycles. The number of likely N-dealkylation sites (N-methyl/N-ethyl adjacent to an activating group) is 1. The Balaban J connectivity index is 1.55. The standard InChI is InChI=1S/C18H18N4OS/c1-22(10-7-15-6-2-3-9-20-15)17(23)11-16-13-24-18(21-16)14-5-4-8-19-12-14/h2-6,8-9,12-13H,7,10-11H2,1H3. The molecular formula is C18H18N4OS. The maximum Gasteiger partial charge on any atom is 0.228 e. The second-order valence-electron chi connectivity index (χ2n) is 5.45. The number of hydrogen-bond donors (Lipinski definition) is 0. The first-order valence-corrected chi connectivity index (χ1v) is 8.59. The summed E-state index contributed by atoms with van der Waals surface area (Å²) in [6, 6.07) is 9.67. The third kappa shape index (κ3) is 4.23. The maximum absolute atomic E-state index is 12.3. The van der Waals surface area contributed by atoms with Crippen LogP contribution >= 0.6 is 11.3 Å². The Morgan fingerprint density at radius 2 is 2.08 bits per heavy atom. The minimum absolute atomic E-state index is 0.0639. The largest absolute Gasteiger partial charge is 0.345 e. The molecule has 0 atom stereocenters. The smallest absolute Gasteiger partial charge is 0.228 e.